The molecule has 166 valence electrons. The van der Waals surface area contributed by atoms with Gasteiger partial charge in [0.05, 0.1) is 27.5 Å². The number of benzene rings is 3. The van der Waals surface area contributed by atoms with Crippen molar-refractivity contribution >= 4 is 23.7 Å². The maximum Gasteiger partial charge on any atom is 0.271 e. The predicted octanol–water partition coefficient (Wildman–Crippen LogP) is 4.71. The number of hydrogen-bond acceptors (Lipinski definition) is 6. The zero-order valence-corrected chi connectivity index (χ0v) is 18.7. The number of rotatable bonds is 9. The smallest absolute Gasteiger partial charge is 0.271 e. The second kappa shape index (κ2) is 11.1. The summed E-state index contributed by atoms with van der Waals surface area (Å²) in [4.78, 5) is 12.4. The SMILES string of the molecule is COc1ccc(/C=N\NC(=O)c2ccc(OCc3ccc(Cl)cc3)cc2)c(OC)c1OC. The van der Waals surface area contributed by atoms with Crippen LogP contribution in [0.1, 0.15) is 21.5 Å². The Kier molecular flexibility index (Phi) is 7.94. The molecule has 0 heterocycles. The maximum absolute atomic E-state index is 12.4. The molecule has 0 aliphatic carbocycles. The zero-order chi connectivity index (χ0) is 22.9. The molecule has 0 radical (unpaired) electrons. The molecule has 1 N–H and O–H groups in total. The third-order valence-electron chi connectivity index (χ3n) is 4.54. The van der Waals surface area contributed by atoms with Crippen LogP contribution in [0.3, 0.4) is 0 Å². The summed E-state index contributed by atoms with van der Waals surface area (Å²) in [7, 11) is 4.58. The van der Waals surface area contributed by atoms with Gasteiger partial charge in [-0.2, -0.15) is 5.10 Å². The summed E-state index contributed by atoms with van der Waals surface area (Å²) in [6.07, 6.45) is 1.47. The van der Waals surface area contributed by atoms with Crippen LogP contribution < -0.4 is 24.4 Å². The van der Waals surface area contributed by atoms with Gasteiger partial charge in [0.15, 0.2) is 11.5 Å². The molecule has 32 heavy (non-hydrogen) atoms. The Hall–Kier alpha value is -3.71. The fourth-order valence-corrected chi connectivity index (χ4v) is 3.03. The summed E-state index contributed by atoms with van der Waals surface area (Å²) in [5, 5.41) is 4.70. The number of ether oxygens (including phenoxy) is 4. The minimum absolute atomic E-state index is 0.357. The Morgan fingerprint density at radius 1 is 0.906 bits per heavy atom. The second-order valence-corrected chi connectivity index (χ2v) is 7.00. The minimum atomic E-state index is -0.357. The van der Waals surface area contributed by atoms with Crippen LogP contribution >= 0.6 is 11.6 Å². The summed E-state index contributed by atoms with van der Waals surface area (Å²) >= 11 is 5.88. The zero-order valence-electron chi connectivity index (χ0n) is 17.9. The molecule has 0 spiro atoms. The van der Waals surface area contributed by atoms with Crippen LogP contribution in [-0.4, -0.2) is 33.5 Å². The number of halogens is 1. The first-order valence-corrected chi connectivity index (χ1v) is 10.0. The van der Waals surface area contributed by atoms with Crippen molar-refractivity contribution in [1.82, 2.24) is 5.43 Å². The average Bonchev–Trinajstić information content (AvgIpc) is 2.83. The lowest BCUT2D eigenvalue weighted by molar-refractivity contribution is 0.0955. The normalized spacial score (nSPS) is 10.6. The molecule has 0 unspecified atom stereocenters. The number of nitrogens with zero attached hydrogens (tertiary/aromatic N) is 1. The van der Waals surface area contributed by atoms with Crippen LogP contribution in [0.4, 0.5) is 0 Å². The summed E-state index contributed by atoms with van der Waals surface area (Å²) in [6.45, 7) is 0.403. The predicted molar refractivity (Wildman–Crippen MR) is 123 cm³/mol. The van der Waals surface area contributed by atoms with E-state index >= 15 is 0 Å². The van der Waals surface area contributed by atoms with Crippen molar-refractivity contribution in [2.45, 2.75) is 6.61 Å². The number of nitrogens with one attached hydrogen (secondary N) is 1. The van der Waals surface area contributed by atoms with E-state index in [1.807, 2.05) is 24.3 Å². The van der Waals surface area contributed by atoms with Gasteiger partial charge in [-0.15, -0.1) is 0 Å². The molecule has 0 aromatic heterocycles. The van der Waals surface area contributed by atoms with E-state index in [4.69, 9.17) is 30.5 Å². The fourth-order valence-electron chi connectivity index (χ4n) is 2.90. The van der Waals surface area contributed by atoms with Crippen LogP contribution in [0.15, 0.2) is 65.8 Å². The lowest BCUT2D eigenvalue weighted by Crippen LogP contribution is -2.17. The Labute approximate surface area is 191 Å². The highest BCUT2D eigenvalue weighted by Gasteiger charge is 2.14. The summed E-state index contributed by atoms with van der Waals surface area (Å²) in [6, 6.07) is 17.7. The van der Waals surface area contributed by atoms with Crippen molar-refractivity contribution in [2.75, 3.05) is 21.3 Å². The largest absolute Gasteiger partial charge is 0.493 e. The number of hydrazone groups is 1. The average molecular weight is 455 g/mol. The van der Waals surface area contributed by atoms with Gasteiger partial charge in [-0.1, -0.05) is 23.7 Å². The van der Waals surface area contributed by atoms with Crippen molar-refractivity contribution < 1.29 is 23.7 Å². The maximum atomic E-state index is 12.4. The minimum Gasteiger partial charge on any atom is -0.493 e. The number of amides is 1. The van der Waals surface area contributed by atoms with E-state index in [-0.39, 0.29) is 5.91 Å². The summed E-state index contributed by atoms with van der Waals surface area (Å²) < 4.78 is 21.7. The van der Waals surface area contributed by atoms with Crippen molar-refractivity contribution in [2.24, 2.45) is 5.10 Å². The Morgan fingerprint density at radius 2 is 1.59 bits per heavy atom. The van der Waals surface area contributed by atoms with Gasteiger partial charge >= 0.3 is 0 Å². The molecule has 1 amide bonds. The van der Waals surface area contributed by atoms with Gasteiger partial charge in [-0.25, -0.2) is 5.43 Å². The van der Waals surface area contributed by atoms with Gasteiger partial charge in [0, 0.05) is 16.1 Å². The van der Waals surface area contributed by atoms with Gasteiger partial charge in [-0.05, 0) is 54.1 Å². The van der Waals surface area contributed by atoms with E-state index in [1.54, 1.807) is 43.5 Å². The molecule has 0 atom stereocenters. The van der Waals surface area contributed by atoms with E-state index in [1.165, 1.54) is 20.4 Å². The van der Waals surface area contributed by atoms with Crippen LogP contribution in [0.5, 0.6) is 23.0 Å². The molecule has 3 aromatic rings. The van der Waals surface area contributed by atoms with Gasteiger partial charge in [-0.3, -0.25) is 4.79 Å². The molecular formula is C24H23ClN2O5. The summed E-state index contributed by atoms with van der Waals surface area (Å²) in [5.74, 6) is 1.72. The molecule has 0 fully saturated rings. The van der Waals surface area contributed by atoms with Gasteiger partial charge in [0.25, 0.3) is 5.91 Å². The molecular weight excluding hydrogens is 432 g/mol. The molecule has 7 nitrogen and oxygen atoms in total. The number of hydrogen-bond donors (Lipinski definition) is 1. The fraction of sp³-hybridized carbons (Fsp3) is 0.167. The van der Waals surface area contributed by atoms with Crippen molar-refractivity contribution in [1.29, 1.82) is 0 Å². The van der Waals surface area contributed by atoms with Gasteiger partial charge < -0.3 is 18.9 Å². The first-order chi connectivity index (χ1) is 15.5. The van der Waals surface area contributed by atoms with E-state index in [2.05, 4.69) is 10.5 Å². The molecule has 0 aliphatic rings. The Bertz CT molecular complexity index is 1080. The molecule has 0 aliphatic heterocycles. The molecule has 0 saturated carbocycles. The highest BCUT2D eigenvalue weighted by Crippen LogP contribution is 2.38. The standard InChI is InChI=1S/C24H23ClN2O5/c1-29-21-13-8-18(22(30-2)23(21)31-3)14-26-27-24(28)17-6-11-20(12-7-17)32-15-16-4-9-19(25)10-5-16/h4-14H,15H2,1-3H3,(H,27,28)/b26-14-. The van der Waals surface area contributed by atoms with Crippen LogP contribution in [-0.2, 0) is 6.61 Å². The van der Waals surface area contributed by atoms with Crippen LogP contribution in [0.25, 0.3) is 0 Å². The van der Waals surface area contributed by atoms with Crippen LogP contribution in [0, 0.1) is 0 Å². The first-order valence-electron chi connectivity index (χ1n) is 9.65. The van der Waals surface area contributed by atoms with Crippen LogP contribution in [0.2, 0.25) is 5.02 Å². The first kappa shape index (κ1) is 23.0. The molecule has 8 heteroatoms. The quantitative estimate of drug-likeness (QED) is 0.374. The third-order valence-corrected chi connectivity index (χ3v) is 4.79. The van der Waals surface area contributed by atoms with E-state index < -0.39 is 0 Å². The number of carbonyl (C=O) groups is 1. The lowest BCUT2D eigenvalue weighted by atomic mass is 10.2. The lowest BCUT2D eigenvalue weighted by Gasteiger charge is -2.13. The molecule has 3 aromatic carbocycles. The number of methoxy groups -OCH3 is 3. The third kappa shape index (κ3) is 5.70. The van der Waals surface area contributed by atoms with Gasteiger partial charge in [0.2, 0.25) is 5.75 Å². The molecule has 3 rings (SSSR count). The Morgan fingerprint density at radius 3 is 2.22 bits per heavy atom. The molecule has 0 bridgehead atoms. The highest BCUT2D eigenvalue weighted by atomic mass is 35.5. The van der Waals surface area contributed by atoms with Crippen molar-refractivity contribution in [3.63, 3.8) is 0 Å². The Balaban J connectivity index is 1.60. The van der Waals surface area contributed by atoms with Crippen molar-refractivity contribution in [3.05, 3.63) is 82.4 Å². The van der Waals surface area contributed by atoms with Crippen molar-refractivity contribution in [3.8, 4) is 23.0 Å². The second-order valence-electron chi connectivity index (χ2n) is 6.56. The number of carbonyl (C=O) groups excluding carboxylic acids is 1. The van der Waals surface area contributed by atoms with E-state index in [0.29, 0.717) is 45.8 Å². The van der Waals surface area contributed by atoms with E-state index in [9.17, 15) is 4.79 Å². The monoisotopic (exact) mass is 454 g/mol. The molecule has 0 saturated heterocycles. The highest BCUT2D eigenvalue weighted by molar-refractivity contribution is 6.30. The van der Waals surface area contributed by atoms with Gasteiger partial charge in [0.1, 0.15) is 12.4 Å². The van der Waals surface area contributed by atoms with E-state index in [0.717, 1.165) is 5.56 Å². The topological polar surface area (TPSA) is 78.4 Å². The summed E-state index contributed by atoms with van der Waals surface area (Å²) in [5.41, 5.74) is 4.56.